The number of benzene rings is 2. The van der Waals surface area contributed by atoms with E-state index >= 15 is 0 Å². The largest absolute Gasteiger partial charge is 0.505 e. The second-order valence-corrected chi connectivity index (χ2v) is 8.02. The molecule has 167 valence electrons. The first-order chi connectivity index (χ1) is 15.8. The molecule has 0 unspecified atom stereocenters. The Morgan fingerprint density at radius 2 is 1.70 bits per heavy atom. The van der Waals surface area contributed by atoms with Gasteiger partial charge in [-0.3, -0.25) is 0 Å². The Bertz CT molecular complexity index is 1310. The third-order valence-electron chi connectivity index (χ3n) is 5.73. The summed E-state index contributed by atoms with van der Waals surface area (Å²) in [5.74, 6) is 1.16. The fourth-order valence-electron chi connectivity index (χ4n) is 4.11. The molecule has 0 spiro atoms. The van der Waals surface area contributed by atoms with Gasteiger partial charge in [-0.2, -0.15) is 0 Å². The van der Waals surface area contributed by atoms with E-state index in [-0.39, 0.29) is 20.1 Å². The number of rotatable bonds is 2. The smallest absolute Gasteiger partial charge is 0.0930 e. The molecule has 3 aromatic heterocycles. The molecule has 0 bridgehead atoms. The minimum Gasteiger partial charge on any atom is -0.505 e. The minimum atomic E-state index is 0. The van der Waals surface area contributed by atoms with Crippen molar-refractivity contribution in [3.8, 4) is 22.5 Å². The number of pyridine rings is 2. The molecule has 0 fully saturated rings. The van der Waals surface area contributed by atoms with Gasteiger partial charge in [0.25, 0.3) is 0 Å². The van der Waals surface area contributed by atoms with Crippen molar-refractivity contribution in [3.05, 3.63) is 108 Å². The molecule has 0 N–H and O–H groups in total. The molecule has 5 aromatic rings. The topological polar surface area (TPSA) is 38.9 Å². The molecule has 6 rings (SSSR count). The van der Waals surface area contributed by atoms with Crippen LogP contribution >= 0.6 is 0 Å². The first kappa shape index (κ1) is 23.1. The van der Waals surface area contributed by atoms with Gasteiger partial charge in [-0.1, -0.05) is 35.2 Å². The van der Waals surface area contributed by atoms with Crippen molar-refractivity contribution in [1.82, 2.24) is 9.97 Å². The summed E-state index contributed by atoms with van der Waals surface area (Å²) in [6.45, 7) is 2.03. The Labute approximate surface area is 208 Å². The van der Waals surface area contributed by atoms with Crippen molar-refractivity contribution < 1.29 is 24.5 Å². The SMILES string of the molecule is Cc1ccc(-c2[c-]cccc2)nc1.[Ir].[c-]1ccc2c3c(oc2c1-c1ccccn1)CCCC3. The van der Waals surface area contributed by atoms with Gasteiger partial charge in [-0.15, -0.1) is 54.1 Å². The fourth-order valence-corrected chi connectivity index (χ4v) is 4.11. The fraction of sp³-hybridized carbons (Fsp3) is 0.172. The van der Waals surface area contributed by atoms with Crippen LogP contribution in [0, 0.1) is 19.1 Å². The Kier molecular flexibility index (Phi) is 7.49. The maximum atomic E-state index is 6.10. The van der Waals surface area contributed by atoms with E-state index in [9.17, 15) is 0 Å². The van der Waals surface area contributed by atoms with E-state index < -0.39 is 0 Å². The summed E-state index contributed by atoms with van der Waals surface area (Å²) in [7, 11) is 0. The van der Waals surface area contributed by atoms with Crippen LogP contribution in [0.2, 0.25) is 0 Å². The molecular formula is C29H24IrN2O-2. The molecule has 1 radical (unpaired) electrons. The van der Waals surface area contributed by atoms with Crippen molar-refractivity contribution in [2.75, 3.05) is 0 Å². The third-order valence-corrected chi connectivity index (χ3v) is 5.73. The monoisotopic (exact) mass is 609 g/mol. The molecule has 0 saturated heterocycles. The maximum Gasteiger partial charge on any atom is 0.0930 e. The van der Waals surface area contributed by atoms with Crippen molar-refractivity contribution in [2.24, 2.45) is 0 Å². The Morgan fingerprint density at radius 1 is 0.818 bits per heavy atom. The van der Waals surface area contributed by atoms with Crippen molar-refractivity contribution in [1.29, 1.82) is 0 Å². The quantitative estimate of drug-likeness (QED) is 0.202. The van der Waals surface area contributed by atoms with Crippen LogP contribution in [0.1, 0.15) is 29.7 Å². The van der Waals surface area contributed by atoms with Gasteiger partial charge in [0.15, 0.2) is 0 Å². The summed E-state index contributed by atoms with van der Waals surface area (Å²) in [6.07, 6.45) is 8.37. The average molecular weight is 609 g/mol. The van der Waals surface area contributed by atoms with Crippen LogP contribution in [0.3, 0.4) is 0 Å². The van der Waals surface area contributed by atoms with E-state index in [1.165, 1.54) is 29.4 Å². The van der Waals surface area contributed by atoms with Crippen LogP contribution < -0.4 is 0 Å². The molecule has 1 aliphatic carbocycles. The molecule has 0 saturated carbocycles. The van der Waals surface area contributed by atoms with E-state index in [1.807, 2.05) is 73.9 Å². The van der Waals surface area contributed by atoms with Crippen LogP contribution in [-0.2, 0) is 32.9 Å². The van der Waals surface area contributed by atoms with Gasteiger partial charge in [0, 0.05) is 38.9 Å². The van der Waals surface area contributed by atoms with E-state index in [1.54, 1.807) is 0 Å². The molecule has 3 nitrogen and oxygen atoms in total. The maximum absolute atomic E-state index is 6.10. The van der Waals surface area contributed by atoms with Gasteiger partial charge >= 0.3 is 0 Å². The standard InChI is InChI=1S/C17H14NO.C12H10N.Ir/c1-2-10-16-12(6-1)13-7-5-8-14(17(13)19-16)15-9-3-4-11-18-15;1-10-7-8-12(13-9-10)11-5-3-2-4-6-11;/h3-5,7,9,11H,1-2,6,10H2;2-5,7-9H,1H3;/q2*-1;. The van der Waals surface area contributed by atoms with Crippen molar-refractivity contribution in [2.45, 2.75) is 32.6 Å². The Balaban J connectivity index is 0.000000164. The predicted molar refractivity (Wildman–Crippen MR) is 128 cm³/mol. The minimum absolute atomic E-state index is 0. The van der Waals surface area contributed by atoms with Gasteiger partial charge in [0.2, 0.25) is 0 Å². The number of hydrogen-bond donors (Lipinski definition) is 0. The molecule has 0 aliphatic heterocycles. The van der Waals surface area contributed by atoms with Gasteiger partial charge in [0.1, 0.15) is 0 Å². The van der Waals surface area contributed by atoms with Gasteiger partial charge in [-0.05, 0) is 54.8 Å². The zero-order valence-corrected chi connectivity index (χ0v) is 20.9. The van der Waals surface area contributed by atoms with E-state index in [2.05, 4.69) is 34.2 Å². The normalized spacial score (nSPS) is 12.3. The summed E-state index contributed by atoms with van der Waals surface area (Å²) in [6, 6.07) is 28.4. The predicted octanol–water partition coefficient (Wildman–Crippen LogP) is 7.03. The summed E-state index contributed by atoms with van der Waals surface area (Å²) in [4.78, 5) is 8.73. The van der Waals surface area contributed by atoms with Gasteiger partial charge in [0.05, 0.1) is 11.3 Å². The molecule has 1 aliphatic rings. The summed E-state index contributed by atoms with van der Waals surface area (Å²) in [5, 5.41) is 1.24. The first-order valence-electron chi connectivity index (χ1n) is 11.1. The van der Waals surface area contributed by atoms with E-state index in [4.69, 9.17) is 4.42 Å². The zero-order chi connectivity index (χ0) is 21.8. The molecule has 0 atom stereocenters. The number of furan rings is 1. The summed E-state index contributed by atoms with van der Waals surface area (Å²) >= 11 is 0. The first-order valence-corrected chi connectivity index (χ1v) is 11.1. The molecule has 2 aromatic carbocycles. The molecule has 33 heavy (non-hydrogen) atoms. The van der Waals surface area contributed by atoms with Crippen LogP contribution in [0.25, 0.3) is 33.5 Å². The number of nitrogens with zero attached hydrogens (tertiary/aromatic N) is 2. The van der Waals surface area contributed by atoms with Gasteiger partial charge < -0.3 is 14.4 Å². The van der Waals surface area contributed by atoms with Crippen LogP contribution in [0.4, 0.5) is 0 Å². The summed E-state index contributed by atoms with van der Waals surface area (Å²) in [5.41, 5.74) is 7.46. The molecule has 0 amide bonds. The number of hydrogen-bond acceptors (Lipinski definition) is 3. The van der Waals surface area contributed by atoms with Crippen LogP contribution in [-0.4, -0.2) is 9.97 Å². The van der Waals surface area contributed by atoms with Crippen LogP contribution in [0.5, 0.6) is 0 Å². The average Bonchev–Trinajstić information content (AvgIpc) is 3.25. The number of aromatic nitrogens is 2. The third kappa shape index (κ3) is 5.13. The van der Waals surface area contributed by atoms with Crippen LogP contribution in [0.15, 0.2) is 83.5 Å². The number of fused-ring (bicyclic) bond motifs is 3. The molecule has 3 heterocycles. The molecule has 4 heteroatoms. The summed E-state index contributed by atoms with van der Waals surface area (Å²) < 4.78 is 6.10. The molecular weight excluding hydrogens is 585 g/mol. The Morgan fingerprint density at radius 3 is 2.45 bits per heavy atom. The van der Waals surface area contributed by atoms with Crippen molar-refractivity contribution >= 4 is 11.0 Å². The second-order valence-electron chi connectivity index (χ2n) is 8.02. The second kappa shape index (κ2) is 10.7. The van der Waals surface area contributed by atoms with Crippen molar-refractivity contribution in [3.63, 3.8) is 0 Å². The number of aryl methyl sites for hydroxylation is 3. The van der Waals surface area contributed by atoms with Gasteiger partial charge in [-0.25, -0.2) is 0 Å². The van der Waals surface area contributed by atoms with E-state index in [0.717, 1.165) is 46.7 Å². The Hall–Kier alpha value is -3.07. The zero-order valence-electron chi connectivity index (χ0n) is 18.5. The van der Waals surface area contributed by atoms with E-state index in [0.29, 0.717) is 0 Å².